The molecule has 1 unspecified atom stereocenters. The number of aromatic nitrogens is 4. The molecule has 3 heterocycles. The molecule has 2 amide bonds. The Hall–Kier alpha value is -3.49. The molecule has 0 saturated heterocycles. The van der Waals surface area contributed by atoms with E-state index < -0.39 is 11.8 Å². The van der Waals surface area contributed by atoms with Crippen molar-refractivity contribution in [2.45, 2.75) is 52.4 Å². The number of nitrogens with zero attached hydrogens (tertiary/aromatic N) is 4. The van der Waals surface area contributed by atoms with Crippen molar-refractivity contribution >= 4 is 17.6 Å². The van der Waals surface area contributed by atoms with E-state index in [1.54, 1.807) is 25.4 Å². The Morgan fingerprint density at radius 1 is 1.21 bits per heavy atom. The zero-order chi connectivity index (χ0) is 23.7. The molecule has 0 aromatic carbocycles. The van der Waals surface area contributed by atoms with Crippen LogP contribution in [0.4, 0.5) is 5.82 Å². The first-order chi connectivity index (χ1) is 15.7. The number of primary amides is 1. The molecule has 3 aromatic rings. The van der Waals surface area contributed by atoms with Gasteiger partial charge in [-0.15, -0.1) is 0 Å². The minimum absolute atomic E-state index is 0.137. The quantitative estimate of drug-likeness (QED) is 0.589. The van der Waals surface area contributed by atoms with E-state index in [4.69, 9.17) is 10.3 Å². The second kappa shape index (κ2) is 9.17. The number of anilines is 1. The molecule has 0 radical (unpaired) electrons. The van der Waals surface area contributed by atoms with Gasteiger partial charge in [0.1, 0.15) is 17.3 Å². The number of nitrogens with one attached hydrogen (secondary N) is 1. The Labute approximate surface area is 192 Å². The number of aryl methyl sites for hydroxylation is 3. The minimum Gasteiger partial charge on any atom is -0.364 e. The second-order valence-electron chi connectivity index (χ2n) is 9.06. The summed E-state index contributed by atoms with van der Waals surface area (Å²) in [5.41, 5.74) is 8.90. The van der Waals surface area contributed by atoms with Crippen LogP contribution in [0.25, 0.3) is 11.1 Å². The first-order valence-corrected chi connectivity index (χ1v) is 11.3. The van der Waals surface area contributed by atoms with E-state index in [-0.39, 0.29) is 17.5 Å². The lowest BCUT2D eigenvalue weighted by atomic mass is 9.75. The fourth-order valence-corrected chi connectivity index (χ4v) is 4.80. The van der Waals surface area contributed by atoms with Crippen molar-refractivity contribution in [3.05, 3.63) is 47.2 Å². The van der Waals surface area contributed by atoms with Crippen LogP contribution >= 0.6 is 0 Å². The van der Waals surface area contributed by atoms with Crippen LogP contribution in [0.5, 0.6) is 0 Å². The van der Waals surface area contributed by atoms with Gasteiger partial charge in [-0.25, -0.2) is 4.98 Å². The summed E-state index contributed by atoms with van der Waals surface area (Å²) in [5.74, 6) is 0.729. The number of rotatable bonds is 6. The van der Waals surface area contributed by atoms with Crippen LogP contribution in [0.3, 0.4) is 0 Å². The average molecular weight is 451 g/mol. The van der Waals surface area contributed by atoms with Gasteiger partial charge in [-0.2, -0.15) is 5.10 Å². The topological polar surface area (TPSA) is 129 Å². The number of pyridine rings is 1. The van der Waals surface area contributed by atoms with E-state index in [0.717, 1.165) is 48.3 Å². The number of nitrogens with two attached hydrogens (primary N) is 1. The standard InChI is InChI=1S/C24H30N6O3/c1-13-5-7-16(8-6-13)22(18-11-19(23(25)31)30(4)28-18)24(32)27-20-10-9-17(12-26-20)21-14(2)29-33-15(21)3/h9-13,16,22H,5-8H2,1-4H3,(H2,25,31)(H,26,27,32). The van der Waals surface area contributed by atoms with Gasteiger partial charge in [-0.1, -0.05) is 24.9 Å². The lowest BCUT2D eigenvalue weighted by molar-refractivity contribution is -0.119. The number of hydrogen-bond acceptors (Lipinski definition) is 6. The molecule has 1 aliphatic rings. The van der Waals surface area contributed by atoms with Gasteiger partial charge in [0.2, 0.25) is 5.91 Å². The zero-order valence-electron chi connectivity index (χ0n) is 19.5. The fraction of sp³-hybridized carbons (Fsp3) is 0.458. The predicted octanol–water partition coefficient (Wildman–Crippen LogP) is 3.73. The summed E-state index contributed by atoms with van der Waals surface area (Å²) in [6.45, 7) is 5.97. The van der Waals surface area contributed by atoms with Crippen LogP contribution in [0.15, 0.2) is 28.9 Å². The maximum Gasteiger partial charge on any atom is 0.266 e. The van der Waals surface area contributed by atoms with Gasteiger partial charge in [0.05, 0.1) is 17.3 Å². The van der Waals surface area contributed by atoms with E-state index in [1.807, 2.05) is 19.9 Å². The third kappa shape index (κ3) is 4.67. The number of amides is 2. The van der Waals surface area contributed by atoms with E-state index in [0.29, 0.717) is 17.4 Å². The van der Waals surface area contributed by atoms with Crippen LogP contribution < -0.4 is 11.1 Å². The summed E-state index contributed by atoms with van der Waals surface area (Å²) >= 11 is 0. The average Bonchev–Trinajstić information content (AvgIpc) is 3.32. The van der Waals surface area contributed by atoms with Gasteiger partial charge >= 0.3 is 0 Å². The number of carbonyl (C=O) groups is 2. The Kier molecular flexibility index (Phi) is 6.31. The van der Waals surface area contributed by atoms with E-state index in [9.17, 15) is 9.59 Å². The van der Waals surface area contributed by atoms with Crippen molar-refractivity contribution in [2.75, 3.05) is 5.32 Å². The van der Waals surface area contributed by atoms with Crippen molar-refractivity contribution in [1.82, 2.24) is 19.9 Å². The zero-order valence-corrected chi connectivity index (χ0v) is 19.5. The highest BCUT2D eigenvalue weighted by Crippen LogP contribution is 2.38. The molecule has 1 saturated carbocycles. The van der Waals surface area contributed by atoms with E-state index >= 15 is 0 Å². The molecule has 0 bridgehead atoms. The number of carbonyl (C=O) groups excluding carboxylic acids is 2. The molecule has 3 N–H and O–H groups in total. The van der Waals surface area contributed by atoms with Crippen molar-refractivity contribution in [1.29, 1.82) is 0 Å². The molecular weight excluding hydrogens is 420 g/mol. The molecule has 3 aromatic heterocycles. The van der Waals surface area contributed by atoms with E-state index in [2.05, 4.69) is 27.5 Å². The third-order valence-electron chi connectivity index (χ3n) is 6.62. The van der Waals surface area contributed by atoms with Gasteiger partial charge in [0, 0.05) is 24.4 Å². The lowest BCUT2D eigenvalue weighted by Crippen LogP contribution is -2.30. The Balaban J connectivity index is 1.59. The molecule has 4 rings (SSSR count). The SMILES string of the molecule is Cc1noc(C)c1-c1ccc(NC(=O)C(c2cc(C(N)=O)n(C)n2)C2CCC(C)CC2)nc1. The maximum absolute atomic E-state index is 13.5. The largest absolute Gasteiger partial charge is 0.364 e. The highest BCUT2D eigenvalue weighted by atomic mass is 16.5. The molecule has 9 heteroatoms. The monoisotopic (exact) mass is 450 g/mol. The molecule has 1 atom stereocenters. The molecule has 0 spiro atoms. The fourth-order valence-electron chi connectivity index (χ4n) is 4.80. The van der Waals surface area contributed by atoms with E-state index in [1.165, 1.54) is 4.68 Å². The van der Waals surface area contributed by atoms with Crippen molar-refractivity contribution < 1.29 is 14.1 Å². The Bertz CT molecular complexity index is 1140. The van der Waals surface area contributed by atoms with Gasteiger partial charge in [0.25, 0.3) is 5.91 Å². The van der Waals surface area contributed by atoms with Gasteiger partial charge < -0.3 is 15.6 Å². The summed E-state index contributed by atoms with van der Waals surface area (Å²) in [5, 5.41) is 11.4. The normalized spacial score (nSPS) is 19.3. The number of hydrogen-bond donors (Lipinski definition) is 2. The molecular formula is C24H30N6O3. The lowest BCUT2D eigenvalue weighted by Gasteiger charge is -2.31. The third-order valence-corrected chi connectivity index (χ3v) is 6.62. The van der Waals surface area contributed by atoms with Crippen LogP contribution in [0, 0.1) is 25.7 Å². The second-order valence-corrected chi connectivity index (χ2v) is 9.06. The first-order valence-electron chi connectivity index (χ1n) is 11.3. The summed E-state index contributed by atoms with van der Waals surface area (Å²) < 4.78 is 6.68. The Morgan fingerprint density at radius 2 is 1.94 bits per heavy atom. The minimum atomic E-state index is -0.566. The predicted molar refractivity (Wildman–Crippen MR) is 123 cm³/mol. The van der Waals surface area contributed by atoms with Crippen LogP contribution in [0.1, 0.15) is 66.2 Å². The van der Waals surface area contributed by atoms with Gasteiger partial charge in [-0.05, 0) is 56.7 Å². The molecule has 33 heavy (non-hydrogen) atoms. The summed E-state index contributed by atoms with van der Waals surface area (Å²) in [4.78, 5) is 29.7. The first kappa shape index (κ1) is 22.7. The molecule has 174 valence electrons. The molecule has 9 nitrogen and oxygen atoms in total. The highest BCUT2D eigenvalue weighted by Gasteiger charge is 2.35. The molecule has 1 aliphatic carbocycles. The summed E-state index contributed by atoms with van der Waals surface area (Å²) in [6, 6.07) is 5.30. The summed E-state index contributed by atoms with van der Waals surface area (Å²) in [7, 11) is 1.66. The maximum atomic E-state index is 13.5. The molecule has 1 fully saturated rings. The van der Waals surface area contributed by atoms with Crippen LogP contribution in [-0.2, 0) is 11.8 Å². The summed E-state index contributed by atoms with van der Waals surface area (Å²) in [6.07, 6.45) is 5.69. The highest BCUT2D eigenvalue weighted by molar-refractivity contribution is 5.96. The van der Waals surface area contributed by atoms with Crippen LogP contribution in [0.2, 0.25) is 0 Å². The Morgan fingerprint density at radius 3 is 2.48 bits per heavy atom. The molecule has 0 aliphatic heterocycles. The van der Waals surface area contributed by atoms with Crippen molar-refractivity contribution in [3.63, 3.8) is 0 Å². The van der Waals surface area contributed by atoms with Crippen molar-refractivity contribution in [2.24, 2.45) is 24.6 Å². The van der Waals surface area contributed by atoms with Crippen molar-refractivity contribution in [3.8, 4) is 11.1 Å². The smallest absolute Gasteiger partial charge is 0.266 e. The van der Waals surface area contributed by atoms with Crippen LogP contribution in [-0.4, -0.2) is 31.7 Å². The van der Waals surface area contributed by atoms with Gasteiger partial charge in [0.15, 0.2) is 0 Å². The van der Waals surface area contributed by atoms with Gasteiger partial charge in [-0.3, -0.25) is 14.3 Å².